The molecule has 0 unspecified atom stereocenters. The smallest absolute Gasteiger partial charge is 0.318 e. The molecule has 0 bridgehead atoms. The molecule has 0 aromatic carbocycles. The lowest BCUT2D eigenvalue weighted by atomic mass is 10.1. The second-order valence-electron chi connectivity index (χ2n) is 7.85. The molecule has 1 aromatic rings. The standard InChI is InChI=1S/C18H34N3O3PS/c1-13(2)15(5)19-18(22)21(8-9-24-12-25(6,7)23)10-16-11-26-17(20-16)14(3)4/h11,13-15H,8-10,12H2,1-7H3,(H,19,22)/t15-/m1/s1. The van der Waals surface area contributed by atoms with E-state index in [-0.39, 0.29) is 18.4 Å². The predicted molar refractivity (Wildman–Crippen MR) is 110 cm³/mol. The molecule has 150 valence electrons. The first-order chi connectivity index (χ1) is 12.0. The maximum atomic E-state index is 12.7. The van der Waals surface area contributed by atoms with Crippen LogP contribution in [0.25, 0.3) is 0 Å². The first-order valence-corrected chi connectivity index (χ1v) is 12.8. The second-order valence-corrected chi connectivity index (χ2v) is 12.1. The van der Waals surface area contributed by atoms with Gasteiger partial charge in [-0.25, -0.2) is 9.78 Å². The zero-order valence-corrected chi connectivity index (χ0v) is 18.8. The number of aromatic nitrogens is 1. The molecular formula is C18H34N3O3PS. The number of hydrogen-bond acceptors (Lipinski definition) is 5. The molecular weight excluding hydrogens is 369 g/mol. The summed E-state index contributed by atoms with van der Waals surface area (Å²) in [7, 11) is -2.21. The normalized spacial score (nSPS) is 13.3. The van der Waals surface area contributed by atoms with Crippen molar-refractivity contribution in [3.63, 3.8) is 0 Å². The highest BCUT2D eigenvalue weighted by Crippen LogP contribution is 2.35. The van der Waals surface area contributed by atoms with Crippen LogP contribution in [0.15, 0.2) is 5.38 Å². The monoisotopic (exact) mass is 403 g/mol. The number of hydrogen-bond donors (Lipinski definition) is 1. The van der Waals surface area contributed by atoms with Crippen LogP contribution >= 0.6 is 18.5 Å². The molecule has 1 N–H and O–H groups in total. The Morgan fingerprint density at radius 2 is 1.96 bits per heavy atom. The third kappa shape index (κ3) is 8.65. The van der Waals surface area contributed by atoms with Gasteiger partial charge in [-0.1, -0.05) is 27.7 Å². The van der Waals surface area contributed by atoms with Crippen LogP contribution in [0.1, 0.15) is 51.2 Å². The Morgan fingerprint density at radius 1 is 1.31 bits per heavy atom. The molecule has 0 radical (unpaired) electrons. The number of rotatable bonds is 10. The Labute approximate surface area is 162 Å². The number of carbonyl (C=O) groups is 1. The van der Waals surface area contributed by atoms with Crippen molar-refractivity contribution in [2.75, 3.05) is 32.8 Å². The summed E-state index contributed by atoms with van der Waals surface area (Å²) in [6, 6.07) is -0.0378. The molecule has 6 nitrogen and oxygen atoms in total. The maximum Gasteiger partial charge on any atom is 0.318 e. The molecule has 0 aliphatic carbocycles. The summed E-state index contributed by atoms with van der Waals surface area (Å²) < 4.78 is 17.3. The minimum Gasteiger partial charge on any atom is -0.372 e. The first kappa shape index (κ1) is 23.1. The fourth-order valence-electron chi connectivity index (χ4n) is 2.02. The van der Waals surface area contributed by atoms with E-state index >= 15 is 0 Å². The van der Waals surface area contributed by atoms with Gasteiger partial charge in [0, 0.05) is 23.9 Å². The van der Waals surface area contributed by atoms with Gasteiger partial charge in [0.1, 0.15) is 7.14 Å². The van der Waals surface area contributed by atoms with Crippen molar-refractivity contribution in [1.29, 1.82) is 0 Å². The van der Waals surface area contributed by atoms with Gasteiger partial charge in [0.15, 0.2) is 0 Å². The Kier molecular flexibility index (Phi) is 9.28. The van der Waals surface area contributed by atoms with Gasteiger partial charge in [-0.15, -0.1) is 11.3 Å². The molecule has 26 heavy (non-hydrogen) atoms. The fraction of sp³-hybridized carbons (Fsp3) is 0.778. The number of nitrogens with one attached hydrogen (secondary N) is 1. The average Bonchev–Trinajstić information content (AvgIpc) is 2.97. The van der Waals surface area contributed by atoms with Gasteiger partial charge < -0.3 is 19.5 Å². The summed E-state index contributed by atoms with van der Waals surface area (Å²) in [5.41, 5.74) is 0.891. The Hall–Kier alpha value is -0.910. The molecule has 0 saturated carbocycles. The number of nitrogens with zero attached hydrogens (tertiary/aromatic N) is 2. The van der Waals surface area contributed by atoms with Crippen LogP contribution in [-0.2, 0) is 15.8 Å². The van der Waals surface area contributed by atoms with Gasteiger partial charge in [0.05, 0.1) is 30.2 Å². The van der Waals surface area contributed by atoms with Crippen molar-refractivity contribution >= 4 is 24.5 Å². The van der Waals surface area contributed by atoms with Crippen LogP contribution in [0.4, 0.5) is 4.79 Å². The molecule has 0 spiro atoms. The average molecular weight is 404 g/mol. The van der Waals surface area contributed by atoms with Gasteiger partial charge in [0.2, 0.25) is 0 Å². The Balaban J connectivity index is 2.72. The first-order valence-electron chi connectivity index (χ1n) is 9.11. The molecule has 8 heteroatoms. The summed E-state index contributed by atoms with van der Waals surface area (Å²) in [5, 5.41) is 6.12. The number of urea groups is 1. The number of ether oxygens (including phenoxy) is 1. The van der Waals surface area contributed by atoms with Crippen LogP contribution in [0.3, 0.4) is 0 Å². The largest absolute Gasteiger partial charge is 0.372 e. The third-order valence-electron chi connectivity index (χ3n) is 3.96. The fourth-order valence-corrected chi connectivity index (χ4v) is 3.42. The zero-order valence-electron chi connectivity index (χ0n) is 17.1. The lowest BCUT2D eigenvalue weighted by molar-refractivity contribution is 0.132. The van der Waals surface area contributed by atoms with Crippen LogP contribution in [0.5, 0.6) is 0 Å². The van der Waals surface area contributed by atoms with E-state index in [9.17, 15) is 9.36 Å². The van der Waals surface area contributed by atoms with Crippen molar-refractivity contribution in [2.45, 2.75) is 53.1 Å². The highest BCUT2D eigenvalue weighted by atomic mass is 32.1. The Morgan fingerprint density at radius 3 is 2.46 bits per heavy atom. The van der Waals surface area contributed by atoms with Crippen LogP contribution in [-0.4, -0.2) is 54.8 Å². The lowest BCUT2D eigenvalue weighted by Gasteiger charge is -2.26. The minimum atomic E-state index is -2.21. The van der Waals surface area contributed by atoms with E-state index in [1.165, 1.54) is 0 Å². The van der Waals surface area contributed by atoms with E-state index in [2.05, 4.69) is 38.0 Å². The summed E-state index contributed by atoms with van der Waals surface area (Å²) >= 11 is 1.62. The van der Waals surface area contributed by atoms with Crippen molar-refractivity contribution in [2.24, 2.45) is 5.92 Å². The van der Waals surface area contributed by atoms with E-state index in [1.807, 2.05) is 12.3 Å². The van der Waals surface area contributed by atoms with Crippen molar-refractivity contribution in [3.8, 4) is 0 Å². The molecule has 0 saturated heterocycles. The van der Waals surface area contributed by atoms with E-state index < -0.39 is 7.14 Å². The van der Waals surface area contributed by atoms with Crippen molar-refractivity contribution < 1.29 is 14.1 Å². The third-order valence-corrected chi connectivity index (χ3v) is 5.96. The van der Waals surface area contributed by atoms with Crippen LogP contribution in [0, 0.1) is 5.92 Å². The molecule has 0 fully saturated rings. The van der Waals surface area contributed by atoms with Crippen molar-refractivity contribution in [3.05, 3.63) is 16.1 Å². The molecule has 2 amide bonds. The number of carbonyl (C=O) groups excluding carboxylic acids is 1. The Bertz CT molecular complexity index is 613. The molecule has 1 atom stereocenters. The van der Waals surface area contributed by atoms with Crippen LogP contribution < -0.4 is 5.32 Å². The maximum absolute atomic E-state index is 12.7. The van der Waals surface area contributed by atoms with Crippen LogP contribution in [0.2, 0.25) is 0 Å². The van der Waals surface area contributed by atoms with E-state index in [1.54, 1.807) is 29.6 Å². The highest BCUT2D eigenvalue weighted by molar-refractivity contribution is 7.62. The molecule has 0 aliphatic rings. The van der Waals surface area contributed by atoms with Gasteiger partial charge >= 0.3 is 6.03 Å². The van der Waals surface area contributed by atoms with Gasteiger partial charge in [-0.05, 0) is 26.2 Å². The van der Waals surface area contributed by atoms with Gasteiger partial charge in [-0.2, -0.15) is 0 Å². The van der Waals surface area contributed by atoms with Gasteiger partial charge in [0.25, 0.3) is 0 Å². The minimum absolute atomic E-state index is 0.0825. The molecule has 1 aromatic heterocycles. The predicted octanol–water partition coefficient (Wildman–Crippen LogP) is 4.42. The topological polar surface area (TPSA) is 71.5 Å². The van der Waals surface area contributed by atoms with E-state index in [0.29, 0.717) is 31.5 Å². The molecule has 0 aliphatic heterocycles. The lowest BCUT2D eigenvalue weighted by Crippen LogP contribution is -2.46. The SMILES string of the molecule is CC(C)c1nc(CN(CCOCP(C)(C)=O)C(=O)N[C@H](C)C(C)C)cs1. The number of thiazole rings is 1. The summed E-state index contributed by atoms with van der Waals surface area (Å²) in [6.45, 7) is 15.0. The summed E-state index contributed by atoms with van der Waals surface area (Å²) in [6.07, 6.45) is 0.235. The highest BCUT2D eigenvalue weighted by Gasteiger charge is 2.19. The summed E-state index contributed by atoms with van der Waals surface area (Å²) in [4.78, 5) is 19.0. The molecule has 1 heterocycles. The number of amides is 2. The van der Waals surface area contributed by atoms with E-state index in [0.717, 1.165) is 10.7 Å². The second kappa shape index (κ2) is 10.4. The van der Waals surface area contributed by atoms with Gasteiger partial charge in [-0.3, -0.25) is 0 Å². The molecule has 1 rings (SSSR count). The van der Waals surface area contributed by atoms with E-state index in [4.69, 9.17) is 4.74 Å². The quantitative estimate of drug-likeness (QED) is 0.464. The van der Waals surface area contributed by atoms with Crippen molar-refractivity contribution in [1.82, 2.24) is 15.2 Å². The summed E-state index contributed by atoms with van der Waals surface area (Å²) in [5.74, 6) is 0.735. The zero-order chi connectivity index (χ0) is 19.9.